The van der Waals surface area contributed by atoms with Crippen molar-refractivity contribution in [2.75, 3.05) is 36.5 Å². The number of halogens is 1. The average molecular weight is 307 g/mol. The Bertz CT molecular complexity index is 561. The van der Waals surface area contributed by atoms with Crippen molar-refractivity contribution in [3.63, 3.8) is 0 Å². The summed E-state index contributed by atoms with van der Waals surface area (Å²) >= 11 is 4.52. The first-order valence-corrected chi connectivity index (χ1v) is 8.03. The second-order valence-corrected chi connectivity index (χ2v) is 6.28. The zero-order valence-corrected chi connectivity index (χ0v) is 13.4. The van der Waals surface area contributed by atoms with Crippen LogP contribution in [0, 0.1) is 5.82 Å². The summed E-state index contributed by atoms with van der Waals surface area (Å²) in [6.07, 6.45) is 4.98. The first-order valence-electron chi connectivity index (χ1n) is 7.51. The topological polar surface area (TPSA) is 18.5 Å². The zero-order chi connectivity index (χ0) is 15.0. The number of anilines is 2. The van der Waals surface area contributed by atoms with E-state index in [0.717, 1.165) is 37.3 Å². The molecule has 114 valence electrons. The minimum Gasteiger partial charge on any atom is -0.364 e. The minimum absolute atomic E-state index is 0.0373. The Morgan fingerprint density at radius 2 is 2.19 bits per heavy atom. The number of benzene rings is 1. The van der Waals surface area contributed by atoms with Crippen LogP contribution in [0.3, 0.4) is 0 Å². The van der Waals surface area contributed by atoms with Crippen LogP contribution in [0.1, 0.15) is 24.2 Å². The summed E-state index contributed by atoms with van der Waals surface area (Å²) in [5.74, 6) is -0.142. The van der Waals surface area contributed by atoms with Crippen LogP contribution in [0.15, 0.2) is 24.4 Å². The molecule has 0 bridgehead atoms. The average Bonchev–Trinajstić information content (AvgIpc) is 2.51. The second-order valence-electron chi connectivity index (χ2n) is 5.72. The van der Waals surface area contributed by atoms with Crippen molar-refractivity contribution in [2.24, 2.45) is 0 Å². The van der Waals surface area contributed by atoms with Crippen molar-refractivity contribution in [3.8, 4) is 0 Å². The first kappa shape index (κ1) is 14.7. The van der Waals surface area contributed by atoms with E-state index >= 15 is 0 Å². The lowest BCUT2D eigenvalue weighted by Gasteiger charge is -2.38. The van der Waals surface area contributed by atoms with Crippen LogP contribution in [0.25, 0.3) is 0 Å². The number of nitrogens with zero attached hydrogens (tertiary/aromatic N) is 2. The molecule has 3 nitrogen and oxygen atoms in total. The van der Waals surface area contributed by atoms with Gasteiger partial charge in [-0.25, -0.2) is 4.39 Å². The van der Waals surface area contributed by atoms with Gasteiger partial charge in [0.15, 0.2) is 0 Å². The highest BCUT2D eigenvalue weighted by molar-refractivity contribution is 7.80. The predicted molar refractivity (Wildman–Crippen MR) is 90.0 cm³/mol. The van der Waals surface area contributed by atoms with E-state index in [2.05, 4.69) is 29.8 Å². The third-order valence-corrected chi connectivity index (χ3v) is 4.87. The molecule has 1 aromatic rings. The fourth-order valence-electron chi connectivity index (χ4n) is 3.17. The van der Waals surface area contributed by atoms with Crippen LogP contribution < -0.4 is 15.1 Å². The number of nitrogens with one attached hydrogen (secondary N) is 1. The fourth-order valence-corrected chi connectivity index (χ4v) is 3.45. The van der Waals surface area contributed by atoms with E-state index in [9.17, 15) is 4.39 Å². The normalized spacial score (nSPS) is 25.1. The van der Waals surface area contributed by atoms with Gasteiger partial charge in [-0.05, 0) is 24.1 Å². The highest BCUT2D eigenvalue weighted by Crippen LogP contribution is 2.39. The van der Waals surface area contributed by atoms with E-state index in [-0.39, 0.29) is 11.1 Å². The number of hydrogen-bond donors (Lipinski definition) is 2. The Kier molecular flexibility index (Phi) is 4.13. The molecule has 1 fully saturated rings. The molecule has 5 heteroatoms. The molecule has 21 heavy (non-hydrogen) atoms. The molecule has 1 saturated heterocycles. The minimum atomic E-state index is -0.142. The lowest BCUT2D eigenvalue weighted by atomic mass is 10.0. The smallest absolute Gasteiger partial charge is 0.146 e. The molecule has 3 rings (SSSR count). The maximum absolute atomic E-state index is 14.6. The molecule has 1 N–H and O–H groups in total. The van der Waals surface area contributed by atoms with Crippen LogP contribution in [0.2, 0.25) is 0 Å². The Labute approximate surface area is 131 Å². The van der Waals surface area contributed by atoms with Crippen LogP contribution in [0.5, 0.6) is 0 Å². The molecule has 0 radical (unpaired) electrons. The van der Waals surface area contributed by atoms with E-state index < -0.39 is 0 Å². The molecule has 0 spiro atoms. The maximum atomic E-state index is 14.6. The summed E-state index contributed by atoms with van der Waals surface area (Å²) in [5.41, 5.74) is 2.69. The van der Waals surface area contributed by atoms with E-state index in [1.165, 1.54) is 0 Å². The van der Waals surface area contributed by atoms with Crippen molar-refractivity contribution in [1.29, 1.82) is 0 Å². The van der Waals surface area contributed by atoms with Crippen LogP contribution >= 0.6 is 12.6 Å². The standard InChI is InChI=1S/C16H22FN3S/c1-3-11-10-18-5-7-20(11)15-9-14-12(8-13(15)17)16(21)4-6-19(14)2/h4,6,8-9,11,16,18,21H,3,5,7,10H2,1-2H3. The van der Waals surface area contributed by atoms with E-state index in [1.807, 2.05) is 30.3 Å². The van der Waals surface area contributed by atoms with Crippen molar-refractivity contribution < 1.29 is 4.39 Å². The summed E-state index contributed by atoms with van der Waals surface area (Å²) in [6.45, 7) is 4.81. The Morgan fingerprint density at radius 1 is 1.38 bits per heavy atom. The van der Waals surface area contributed by atoms with Crippen molar-refractivity contribution >= 4 is 24.0 Å². The van der Waals surface area contributed by atoms with Gasteiger partial charge in [-0.15, -0.1) is 0 Å². The second kappa shape index (κ2) is 5.89. The number of hydrogen-bond acceptors (Lipinski definition) is 4. The lowest BCUT2D eigenvalue weighted by Crippen LogP contribution is -2.51. The van der Waals surface area contributed by atoms with Gasteiger partial charge in [0.2, 0.25) is 0 Å². The highest BCUT2D eigenvalue weighted by Gasteiger charge is 2.26. The van der Waals surface area contributed by atoms with Gasteiger partial charge in [0.1, 0.15) is 5.82 Å². The van der Waals surface area contributed by atoms with Gasteiger partial charge in [-0.2, -0.15) is 12.6 Å². The van der Waals surface area contributed by atoms with Gasteiger partial charge in [0.25, 0.3) is 0 Å². The molecular weight excluding hydrogens is 285 g/mol. The number of piperazine rings is 1. The molecule has 2 aliphatic heterocycles. The van der Waals surface area contributed by atoms with Gasteiger partial charge < -0.3 is 15.1 Å². The third kappa shape index (κ3) is 2.64. The molecule has 1 aromatic carbocycles. The fraction of sp³-hybridized carbons (Fsp3) is 0.500. The van der Waals surface area contributed by atoms with Gasteiger partial charge in [0, 0.05) is 49.9 Å². The number of fused-ring (bicyclic) bond motifs is 1. The molecule has 2 atom stereocenters. The van der Waals surface area contributed by atoms with Crippen molar-refractivity contribution in [2.45, 2.75) is 24.6 Å². The molecule has 2 aliphatic rings. The van der Waals surface area contributed by atoms with Gasteiger partial charge in [-0.1, -0.05) is 13.0 Å². The maximum Gasteiger partial charge on any atom is 0.146 e. The van der Waals surface area contributed by atoms with E-state index in [0.29, 0.717) is 11.7 Å². The molecule has 0 amide bonds. The monoisotopic (exact) mass is 307 g/mol. The van der Waals surface area contributed by atoms with E-state index in [1.54, 1.807) is 6.07 Å². The first-order chi connectivity index (χ1) is 10.1. The molecule has 2 unspecified atom stereocenters. The van der Waals surface area contributed by atoms with Gasteiger partial charge >= 0.3 is 0 Å². The summed E-state index contributed by atoms with van der Waals surface area (Å²) in [6, 6.07) is 3.98. The quantitative estimate of drug-likeness (QED) is 0.819. The largest absolute Gasteiger partial charge is 0.364 e. The predicted octanol–water partition coefficient (Wildman–Crippen LogP) is 2.95. The van der Waals surface area contributed by atoms with Gasteiger partial charge in [-0.3, -0.25) is 0 Å². The lowest BCUT2D eigenvalue weighted by molar-refractivity contribution is 0.459. The molecule has 0 aromatic heterocycles. The van der Waals surface area contributed by atoms with Crippen molar-refractivity contribution in [1.82, 2.24) is 5.32 Å². The highest BCUT2D eigenvalue weighted by atomic mass is 32.1. The van der Waals surface area contributed by atoms with Crippen LogP contribution in [-0.4, -0.2) is 32.7 Å². The summed E-state index contributed by atoms with van der Waals surface area (Å²) in [4.78, 5) is 4.24. The van der Waals surface area contributed by atoms with Crippen molar-refractivity contribution in [3.05, 3.63) is 35.8 Å². The molecule has 0 saturated carbocycles. The van der Waals surface area contributed by atoms with E-state index in [4.69, 9.17) is 0 Å². The summed E-state index contributed by atoms with van der Waals surface area (Å²) in [7, 11) is 1.99. The molecule has 2 heterocycles. The zero-order valence-electron chi connectivity index (χ0n) is 12.5. The number of thiol groups is 1. The Balaban J connectivity index is 2.02. The molecular formula is C16H22FN3S. The summed E-state index contributed by atoms with van der Waals surface area (Å²) < 4.78 is 14.6. The Morgan fingerprint density at radius 3 is 2.95 bits per heavy atom. The third-order valence-electron chi connectivity index (χ3n) is 4.42. The molecule has 0 aliphatic carbocycles. The number of rotatable bonds is 2. The van der Waals surface area contributed by atoms with Gasteiger partial charge in [0.05, 0.1) is 5.69 Å². The summed E-state index contributed by atoms with van der Waals surface area (Å²) in [5, 5.41) is 3.35. The Hall–Kier alpha value is -1.20. The van der Waals surface area contributed by atoms with Crippen LogP contribution in [0.4, 0.5) is 15.8 Å². The SMILES string of the molecule is CCC1CNCCN1c1cc2c(cc1F)C(S)C=CN2C. The van der Waals surface area contributed by atoms with Crippen LogP contribution in [-0.2, 0) is 0 Å².